The molecule has 21 heavy (non-hydrogen) atoms. The molecule has 2 aromatic rings. The number of fused-ring (bicyclic) bond motifs is 1. The van der Waals surface area contributed by atoms with Gasteiger partial charge in [0.05, 0.1) is 11.8 Å². The number of benzene rings is 1. The first-order valence-electron chi connectivity index (χ1n) is 7.23. The van der Waals surface area contributed by atoms with Gasteiger partial charge in [-0.1, -0.05) is 12.1 Å². The molecule has 2 aliphatic rings. The summed E-state index contributed by atoms with van der Waals surface area (Å²) in [5.41, 5.74) is 1.65. The number of rotatable bonds is 3. The minimum Gasteiger partial charge on any atom is -0.465 e. The highest BCUT2D eigenvalue weighted by atomic mass is 16.3. The van der Waals surface area contributed by atoms with Crippen molar-refractivity contribution in [2.75, 3.05) is 5.32 Å². The van der Waals surface area contributed by atoms with Crippen molar-refractivity contribution in [2.24, 2.45) is 0 Å². The molecule has 1 aromatic heterocycles. The maximum Gasteiger partial charge on any atom is 0.258 e. The number of nitrogens with zero attached hydrogens (tertiary/aromatic N) is 1. The molecule has 0 unspecified atom stereocenters. The first-order valence-corrected chi connectivity index (χ1v) is 7.23. The topological polar surface area (TPSA) is 45.5 Å². The van der Waals surface area contributed by atoms with Crippen molar-refractivity contribution in [3.63, 3.8) is 0 Å². The largest absolute Gasteiger partial charge is 0.465 e. The number of furan rings is 1. The lowest BCUT2D eigenvalue weighted by molar-refractivity contribution is 0.0703. The van der Waals surface area contributed by atoms with Gasteiger partial charge in [-0.3, -0.25) is 4.79 Å². The number of carbonyl (C=O) groups is 1. The van der Waals surface area contributed by atoms with E-state index in [-0.39, 0.29) is 12.1 Å². The smallest absolute Gasteiger partial charge is 0.258 e. The Labute approximate surface area is 123 Å². The number of para-hydroxylation sites is 1. The molecule has 1 aliphatic heterocycles. The van der Waals surface area contributed by atoms with Crippen molar-refractivity contribution in [3.05, 3.63) is 60.1 Å². The van der Waals surface area contributed by atoms with Crippen molar-refractivity contribution in [1.29, 1.82) is 0 Å². The quantitative estimate of drug-likeness (QED) is 0.937. The normalized spacial score (nSPS) is 21.4. The fourth-order valence-electron chi connectivity index (χ4n) is 2.75. The number of amides is 1. The number of hydrogen-bond donors (Lipinski definition) is 1. The summed E-state index contributed by atoms with van der Waals surface area (Å²) in [6.45, 7) is 0. The summed E-state index contributed by atoms with van der Waals surface area (Å²) < 4.78 is 5.31. The highest BCUT2D eigenvalue weighted by Gasteiger charge is 2.40. The molecule has 1 amide bonds. The Morgan fingerprint density at radius 3 is 2.81 bits per heavy atom. The molecule has 4 nitrogen and oxygen atoms in total. The van der Waals surface area contributed by atoms with Crippen molar-refractivity contribution >= 4 is 17.7 Å². The van der Waals surface area contributed by atoms with Crippen molar-refractivity contribution in [2.45, 2.75) is 25.0 Å². The van der Waals surface area contributed by atoms with Gasteiger partial charge in [0.2, 0.25) is 0 Å². The molecule has 1 aliphatic carbocycles. The van der Waals surface area contributed by atoms with E-state index in [1.165, 1.54) is 0 Å². The monoisotopic (exact) mass is 280 g/mol. The average Bonchev–Trinajstić information content (AvgIpc) is 3.20. The summed E-state index contributed by atoms with van der Waals surface area (Å²) in [4.78, 5) is 14.6. The molecule has 0 radical (unpaired) electrons. The number of nitrogens with one attached hydrogen (secondary N) is 1. The van der Waals surface area contributed by atoms with E-state index < -0.39 is 0 Å². The third-order valence-corrected chi connectivity index (χ3v) is 3.92. The second kappa shape index (κ2) is 4.81. The van der Waals surface area contributed by atoms with Crippen LogP contribution in [0.4, 0.5) is 5.69 Å². The van der Waals surface area contributed by atoms with Crippen LogP contribution >= 0.6 is 0 Å². The molecule has 1 aromatic carbocycles. The van der Waals surface area contributed by atoms with E-state index in [0.29, 0.717) is 6.04 Å². The maximum atomic E-state index is 12.7. The Kier molecular flexibility index (Phi) is 2.81. The highest BCUT2D eigenvalue weighted by molar-refractivity contribution is 6.02. The van der Waals surface area contributed by atoms with Crippen LogP contribution in [0.15, 0.2) is 53.2 Å². The molecule has 1 saturated carbocycles. The first-order chi connectivity index (χ1) is 10.3. The number of carbonyl (C=O) groups excluding carboxylic acids is 1. The zero-order chi connectivity index (χ0) is 14.2. The Morgan fingerprint density at radius 1 is 1.19 bits per heavy atom. The van der Waals surface area contributed by atoms with E-state index in [9.17, 15) is 4.79 Å². The molecule has 4 rings (SSSR count). The molecule has 0 bridgehead atoms. The van der Waals surface area contributed by atoms with Gasteiger partial charge in [-0.25, -0.2) is 0 Å². The van der Waals surface area contributed by atoms with Gasteiger partial charge in [-0.15, -0.1) is 0 Å². The molecular weight excluding hydrogens is 264 g/mol. The molecule has 0 spiro atoms. The Hall–Kier alpha value is -2.49. The summed E-state index contributed by atoms with van der Waals surface area (Å²) in [6, 6.07) is 11.8. The summed E-state index contributed by atoms with van der Waals surface area (Å²) in [6.07, 6.45) is 7.60. The van der Waals surface area contributed by atoms with Crippen molar-refractivity contribution in [3.8, 4) is 0 Å². The number of hydrogen-bond acceptors (Lipinski definition) is 3. The predicted octanol–water partition coefficient (Wildman–Crippen LogP) is 3.35. The standard InChI is InChI=1S/C17H16N2O2/c20-17-14-5-1-2-6-15(14)18-16(19(17)12-7-8-12)10-9-13-4-3-11-21-13/h1-6,9-12,16,18H,7-8H2/b10-9-/t16-/m0/s1. The zero-order valence-electron chi connectivity index (χ0n) is 11.5. The lowest BCUT2D eigenvalue weighted by atomic mass is 10.1. The van der Waals surface area contributed by atoms with Crippen molar-refractivity contribution < 1.29 is 9.21 Å². The molecular formula is C17H16N2O2. The van der Waals surface area contributed by atoms with E-state index in [4.69, 9.17) is 4.42 Å². The molecule has 106 valence electrons. The lowest BCUT2D eigenvalue weighted by Gasteiger charge is -2.36. The molecule has 1 fully saturated rings. The van der Waals surface area contributed by atoms with E-state index in [1.807, 2.05) is 53.5 Å². The van der Waals surface area contributed by atoms with Gasteiger partial charge in [0.15, 0.2) is 0 Å². The summed E-state index contributed by atoms with van der Waals surface area (Å²) in [5.74, 6) is 0.903. The SMILES string of the molecule is O=C1c2ccccc2N[C@H](/C=C\c2ccco2)N1C1CC1. The second-order valence-corrected chi connectivity index (χ2v) is 5.45. The third kappa shape index (κ3) is 2.23. The molecule has 0 saturated heterocycles. The summed E-state index contributed by atoms with van der Waals surface area (Å²) >= 11 is 0. The van der Waals surface area contributed by atoms with E-state index >= 15 is 0 Å². The van der Waals surface area contributed by atoms with Gasteiger partial charge < -0.3 is 14.6 Å². The highest BCUT2D eigenvalue weighted by Crippen LogP contribution is 2.35. The molecule has 2 heterocycles. The summed E-state index contributed by atoms with van der Waals surface area (Å²) in [5, 5.41) is 3.44. The second-order valence-electron chi connectivity index (χ2n) is 5.45. The lowest BCUT2D eigenvalue weighted by Crippen LogP contribution is -2.48. The van der Waals surface area contributed by atoms with Crippen LogP contribution in [0.3, 0.4) is 0 Å². The first kappa shape index (κ1) is 12.3. The Balaban J connectivity index is 1.67. The van der Waals surface area contributed by atoms with Crippen LogP contribution < -0.4 is 5.32 Å². The predicted molar refractivity (Wildman–Crippen MR) is 80.8 cm³/mol. The fourth-order valence-corrected chi connectivity index (χ4v) is 2.75. The molecule has 1 atom stereocenters. The van der Waals surface area contributed by atoms with Crippen LogP contribution in [-0.2, 0) is 0 Å². The van der Waals surface area contributed by atoms with Crippen LogP contribution in [0.2, 0.25) is 0 Å². The van der Waals surface area contributed by atoms with Gasteiger partial charge in [-0.05, 0) is 49.3 Å². The fraction of sp³-hybridized carbons (Fsp3) is 0.235. The van der Waals surface area contributed by atoms with Gasteiger partial charge >= 0.3 is 0 Å². The molecule has 4 heteroatoms. The minimum atomic E-state index is -0.120. The van der Waals surface area contributed by atoms with Crippen molar-refractivity contribution in [1.82, 2.24) is 4.90 Å². The van der Waals surface area contributed by atoms with Crippen LogP contribution in [0.25, 0.3) is 6.08 Å². The average molecular weight is 280 g/mol. The van der Waals surface area contributed by atoms with Crippen LogP contribution in [0, 0.1) is 0 Å². The number of anilines is 1. The zero-order valence-corrected chi connectivity index (χ0v) is 11.5. The van der Waals surface area contributed by atoms with Crippen LogP contribution in [0.5, 0.6) is 0 Å². The minimum absolute atomic E-state index is 0.112. The van der Waals surface area contributed by atoms with Gasteiger partial charge in [-0.2, -0.15) is 0 Å². The van der Waals surface area contributed by atoms with Gasteiger partial charge in [0.25, 0.3) is 5.91 Å². The van der Waals surface area contributed by atoms with Crippen LogP contribution in [0.1, 0.15) is 29.0 Å². The Bertz CT molecular complexity index is 687. The van der Waals surface area contributed by atoms with Crippen LogP contribution in [-0.4, -0.2) is 23.0 Å². The van der Waals surface area contributed by atoms with E-state index in [1.54, 1.807) is 6.26 Å². The van der Waals surface area contributed by atoms with Gasteiger partial charge in [0.1, 0.15) is 11.9 Å². The third-order valence-electron chi connectivity index (χ3n) is 3.92. The van der Waals surface area contributed by atoms with E-state index in [0.717, 1.165) is 29.9 Å². The van der Waals surface area contributed by atoms with E-state index in [2.05, 4.69) is 5.32 Å². The summed E-state index contributed by atoms with van der Waals surface area (Å²) in [7, 11) is 0. The van der Waals surface area contributed by atoms with Gasteiger partial charge in [0, 0.05) is 11.7 Å². The maximum absolute atomic E-state index is 12.7. The molecule has 1 N–H and O–H groups in total. The Morgan fingerprint density at radius 2 is 2.05 bits per heavy atom.